The topological polar surface area (TPSA) is 34.0 Å². The molecule has 2 aromatic rings. The number of likely N-dealkylation sites (N-methyl/N-ethyl adjacent to an activating group) is 1. The molecule has 2 rings (SSSR count). The van der Waals surface area contributed by atoms with Gasteiger partial charge in [0.15, 0.2) is 0 Å². The molecule has 0 bridgehead atoms. The summed E-state index contributed by atoms with van der Waals surface area (Å²) in [5.74, 6) is 0.673. The fraction of sp³-hybridized carbons (Fsp3) is 0.500. The Hall–Kier alpha value is -1.13. The van der Waals surface area contributed by atoms with Gasteiger partial charge in [-0.2, -0.15) is 0 Å². The first-order valence-electron chi connectivity index (χ1n) is 5.91. The van der Waals surface area contributed by atoms with Gasteiger partial charge in [-0.05, 0) is 18.7 Å². The SMILES string of the molecule is CCN(CCCl)CCn1nnc2ccccc21. The maximum absolute atomic E-state index is 5.75. The molecule has 4 nitrogen and oxygen atoms in total. The minimum atomic E-state index is 0.673. The molecule has 5 heteroatoms. The van der Waals surface area contributed by atoms with Crippen molar-refractivity contribution in [2.24, 2.45) is 0 Å². The minimum absolute atomic E-state index is 0.673. The van der Waals surface area contributed by atoms with Crippen LogP contribution in [0, 0.1) is 0 Å². The van der Waals surface area contributed by atoms with Gasteiger partial charge in [0.25, 0.3) is 0 Å². The van der Waals surface area contributed by atoms with E-state index >= 15 is 0 Å². The molecule has 0 atom stereocenters. The first kappa shape index (κ1) is 12.3. The Balaban J connectivity index is 2.03. The third-order valence-electron chi connectivity index (χ3n) is 2.90. The van der Waals surface area contributed by atoms with Gasteiger partial charge in [-0.15, -0.1) is 16.7 Å². The molecule has 0 aliphatic heterocycles. The van der Waals surface area contributed by atoms with E-state index in [0.717, 1.165) is 37.2 Å². The van der Waals surface area contributed by atoms with E-state index in [-0.39, 0.29) is 0 Å². The molecule has 1 aromatic heterocycles. The molecule has 92 valence electrons. The van der Waals surface area contributed by atoms with Crippen LogP contribution >= 0.6 is 11.6 Å². The van der Waals surface area contributed by atoms with Gasteiger partial charge in [0, 0.05) is 19.0 Å². The maximum atomic E-state index is 5.75. The van der Waals surface area contributed by atoms with Gasteiger partial charge < -0.3 is 4.90 Å². The molecule has 0 fully saturated rings. The Labute approximate surface area is 106 Å². The number of alkyl halides is 1. The van der Waals surface area contributed by atoms with E-state index in [1.54, 1.807) is 0 Å². The Morgan fingerprint density at radius 3 is 2.88 bits per heavy atom. The predicted octanol–water partition coefficient (Wildman–Crippen LogP) is 1.99. The van der Waals surface area contributed by atoms with Crippen molar-refractivity contribution in [3.8, 4) is 0 Å². The quantitative estimate of drug-likeness (QED) is 0.738. The van der Waals surface area contributed by atoms with E-state index in [0.29, 0.717) is 5.88 Å². The van der Waals surface area contributed by atoms with Crippen LogP contribution in [0.15, 0.2) is 24.3 Å². The first-order chi connectivity index (χ1) is 8.35. The van der Waals surface area contributed by atoms with Crippen LogP contribution in [-0.4, -0.2) is 45.4 Å². The van der Waals surface area contributed by atoms with Crippen molar-refractivity contribution in [2.75, 3.05) is 25.5 Å². The summed E-state index contributed by atoms with van der Waals surface area (Å²) in [6.45, 7) is 5.89. The lowest BCUT2D eigenvalue weighted by atomic mass is 10.3. The number of rotatable bonds is 6. The zero-order chi connectivity index (χ0) is 12.1. The van der Waals surface area contributed by atoms with Crippen LogP contribution in [0.4, 0.5) is 0 Å². The molecule has 0 radical (unpaired) electrons. The molecular weight excluding hydrogens is 236 g/mol. The molecule has 1 aromatic carbocycles. The summed E-state index contributed by atoms with van der Waals surface area (Å²) in [6.07, 6.45) is 0. The Morgan fingerprint density at radius 1 is 1.29 bits per heavy atom. The number of benzene rings is 1. The molecule has 0 aliphatic rings. The van der Waals surface area contributed by atoms with Gasteiger partial charge in [-0.3, -0.25) is 0 Å². The van der Waals surface area contributed by atoms with Crippen molar-refractivity contribution in [1.29, 1.82) is 0 Å². The summed E-state index contributed by atoms with van der Waals surface area (Å²) < 4.78 is 1.95. The van der Waals surface area contributed by atoms with Crippen LogP contribution in [0.1, 0.15) is 6.92 Å². The average molecular weight is 253 g/mol. The standard InChI is InChI=1S/C12H17ClN4/c1-2-16(8-7-13)9-10-17-12-6-4-3-5-11(12)14-15-17/h3-6H,2,7-10H2,1H3. The number of hydrogen-bond acceptors (Lipinski definition) is 3. The second-order valence-electron chi connectivity index (χ2n) is 3.92. The average Bonchev–Trinajstić information content (AvgIpc) is 2.78. The highest BCUT2D eigenvalue weighted by atomic mass is 35.5. The third kappa shape index (κ3) is 2.96. The predicted molar refractivity (Wildman–Crippen MR) is 70.4 cm³/mol. The van der Waals surface area contributed by atoms with Crippen molar-refractivity contribution in [1.82, 2.24) is 19.9 Å². The molecule has 0 aliphatic carbocycles. The second kappa shape index (κ2) is 5.98. The number of aromatic nitrogens is 3. The smallest absolute Gasteiger partial charge is 0.113 e. The lowest BCUT2D eigenvalue weighted by Crippen LogP contribution is -2.29. The molecule has 17 heavy (non-hydrogen) atoms. The van der Waals surface area contributed by atoms with Crippen molar-refractivity contribution >= 4 is 22.6 Å². The zero-order valence-corrected chi connectivity index (χ0v) is 10.8. The highest BCUT2D eigenvalue weighted by Crippen LogP contribution is 2.09. The van der Waals surface area contributed by atoms with Gasteiger partial charge >= 0.3 is 0 Å². The summed E-state index contributed by atoms with van der Waals surface area (Å²) in [4.78, 5) is 2.31. The van der Waals surface area contributed by atoms with E-state index in [9.17, 15) is 0 Å². The second-order valence-corrected chi connectivity index (χ2v) is 4.30. The lowest BCUT2D eigenvalue weighted by molar-refractivity contribution is 0.287. The van der Waals surface area contributed by atoms with Crippen molar-refractivity contribution < 1.29 is 0 Å². The van der Waals surface area contributed by atoms with E-state index in [1.165, 1.54) is 0 Å². The number of fused-ring (bicyclic) bond motifs is 1. The number of hydrogen-bond donors (Lipinski definition) is 0. The summed E-state index contributed by atoms with van der Waals surface area (Å²) >= 11 is 5.75. The van der Waals surface area contributed by atoms with Crippen LogP contribution in [0.3, 0.4) is 0 Å². The summed E-state index contributed by atoms with van der Waals surface area (Å²) in [6, 6.07) is 8.02. The zero-order valence-electron chi connectivity index (χ0n) is 10.0. The fourth-order valence-corrected chi connectivity index (χ4v) is 2.11. The van der Waals surface area contributed by atoms with E-state index in [1.807, 2.05) is 28.9 Å². The van der Waals surface area contributed by atoms with Crippen molar-refractivity contribution in [2.45, 2.75) is 13.5 Å². The molecule has 0 unspecified atom stereocenters. The molecule has 1 heterocycles. The highest BCUT2D eigenvalue weighted by molar-refractivity contribution is 6.18. The van der Waals surface area contributed by atoms with Gasteiger partial charge in [0.2, 0.25) is 0 Å². The number of halogens is 1. The monoisotopic (exact) mass is 252 g/mol. The molecular formula is C12H17ClN4. The molecule has 0 amide bonds. The van der Waals surface area contributed by atoms with Crippen LogP contribution in [0.2, 0.25) is 0 Å². The molecule has 0 saturated carbocycles. The van der Waals surface area contributed by atoms with Gasteiger partial charge in [-0.1, -0.05) is 24.3 Å². The fourth-order valence-electron chi connectivity index (χ4n) is 1.87. The highest BCUT2D eigenvalue weighted by Gasteiger charge is 2.05. The van der Waals surface area contributed by atoms with Crippen LogP contribution in [0.5, 0.6) is 0 Å². The summed E-state index contributed by atoms with van der Waals surface area (Å²) in [5, 5.41) is 8.31. The van der Waals surface area contributed by atoms with E-state index in [2.05, 4.69) is 22.1 Å². The number of para-hydroxylation sites is 1. The lowest BCUT2D eigenvalue weighted by Gasteiger charge is -2.18. The van der Waals surface area contributed by atoms with Crippen molar-refractivity contribution in [3.63, 3.8) is 0 Å². The maximum Gasteiger partial charge on any atom is 0.113 e. The van der Waals surface area contributed by atoms with Gasteiger partial charge in [-0.25, -0.2) is 4.68 Å². The minimum Gasteiger partial charge on any atom is -0.301 e. The Morgan fingerprint density at radius 2 is 2.12 bits per heavy atom. The van der Waals surface area contributed by atoms with Crippen LogP contribution < -0.4 is 0 Å². The Kier molecular flexibility index (Phi) is 4.34. The van der Waals surface area contributed by atoms with E-state index in [4.69, 9.17) is 11.6 Å². The first-order valence-corrected chi connectivity index (χ1v) is 6.45. The normalized spacial score (nSPS) is 11.5. The van der Waals surface area contributed by atoms with Crippen LogP contribution in [-0.2, 0) is 6.54 Å². The van der Waals surface area contributed by atoms with Gasteiger partial charge in [0.05, 0.1) is 12.1 Å². The van der Waals surface area contributed by atoms with Crippen molar-refractivity contribution in [3.05, 3.63) is 24.3 Å². The van der Waals surface area contributed by atoms with Gasteiger partial charge in [0.1, 0.15) is 5.52 Å². The number of nitrogens with zero attached hydrogens (tertiary/aromatic N) is 4. The molecule has 0 spiro atoms. The van der Waals surface area contributed by atoms with Crippen LogP contribution in [0.25, 0.3) is 11.0 Å². The summed E-state index contributed by atoms with van der Waals surface area (Å²) in [7, 11) is 0. The third-order valence-corrected chi connectivity index (χ3v) is 3.07. The largest absolute Gasteiger partial charge is 0.301 e. The Bertz CT molecular complexity index is 468. The molecule has 0 N–H and O–H groups in total. The van der Waals surface area contributed by atoms with E-state index < -0.39 is 0 Å². The molecule has 0 saturated heterocycles. The summed E-state index contributed by atoms with van der Waals surface area (Å²) in [5.41, 5.74) is 2.04.